The van der Waals surface area contributed by atoms with Crippen LogP contribution in [0.1, 0.15) is 12.5 Å². The molecule has 0 saturated carbocycles. The Kier molecular flexibility index (Phi) is 2.71. The van der Waals surface area contributed by atoms with Gasteiger partial charge in [0.05, 0.1) is 0 Å². The van der Waals surface area contributed by atoms with Crippen molar-refractivity contribution < 1.29 is 5.11 Å². The second-order valence-corrected chi connectivity index (χ2v) is 3.10. The van der Waals surface area contributed by atoms with E-state index in [-0.39, 0.29) is 0 Å². The highest BCUT2D eigenvalue weighted by Gasteiger charge is 1.94. The summed E-state index contributed by atoms with van der Waals surface area (Å²) in [6.07, 6.45) is 1.67. The molecule has 0 aliphatic carbocycles. The first-order chi connectivity index (χ1) is 5.24. The third-order valence-electron chi connectivity index (χ3n) is 1.41. The molecule has 0 aromatic heterocycles. The van der Waals surface area contributed by atoms with Crippen LogP contribution < -0.4 is 0 Å². The molecule has 0 spiro atoms. The number of benzene rings is 1. The van der Waals surface area contributed by atoms with E-state index in [4.69, 9.17) is 0 Å². The van der Waals surface area contributed by atoms with Crippen LogP contribution in [0.2, 0.25) is 0 Å². The van der Waals surface area contributed by atoms with Crippen molar-refractivity contribution in [1.82, 2.24) is 0 Å². The fourth-order valence-electron chi connectivity index (χ4n) is 0.787. The standard InChI is InChI=1S/C9H9BrO/c1-2-9(11)7-3-5-8(10)6-4-7/h2-6,11H,1H3/b9-2-. The van der Waals surface area contributed by atoms with Crippen LogP contribution in [-0.2, 0) is 0 Å². The molecule has 0 radical (unpaired) electrons. The van der Waals surface area contributed by atoms with Gasteiger partial charge in [0.25, 0.3) is 0 Å². The van der Waals surface area contributed by atoms with E-state index in [9.17, 15) is 5.11 Å². The van der Waals surface area contributed by atoms with E-state index in [2.05, 4.69) is 15.9 Å². The predicted molar refractivity (Wildman–Crippen MR) is 50.4 cm³/mol. The van der Waals surface area contributed by atoms with Gasteiger partial charge in [0.1, 0.15) is 5.76 Å². The molecule has 1 N–H and O–H groups in total. The Bertz CT molecular complexity index is 261. The summed E-state index contributed by atoms with van der Waals surface area (Å²) in [7, 11) is 0. The van der Waals surface area contributed by atoms with Gasteiger partial charge in [0, 0.05) is 10.0 Å². The highest BCUT2D eigenvalue weighted by Crippen LogP contribution is 2.15. The zero-order chi connectivity index (χ0) is 8.27. The molecule has 0 bridgehead atoms. The molecule has 0 saturated heterocycles. The Hall–Kier alpha value is -0.760. The molecule has 0 heterocycles. The molecule has 1 aromatic rings. The van der Waals surface area contributed by atoms with Gasteiger partial charge in [0.2, 0.25) is 0 Å². The molecular weight excluding hydrogens is 204 g/mol. The van der Waals surface area contributed by atoms with Crippen molar-refractivity contribution >= 4 is 21.7 Å². The summed E-state index contributed by atoms with van der Waals surface area (Å²) in [4.78, 5) is 0. The van der Waals surface area contributed by atoms with E-state index in [1.807, 2.05) is 24.3 Å². The Morgan fingerprint density at radius 3 is 2.36 bits per heavy atom. The number of halogens is 1. The summed E-state index contributed by atoms with van der Waals surface area (Å²) < 4.78 is 1.02. The lowest BCUT2D eigenvalue weighted by molar-refractivity contribution is 0.511. The lowest BCUT2D eigenvalue weighted by atomic mass is 10.2. The Balaban J connectivity index is 2.99. The van der Waals surface area contributed by atoms with Gasteiger partial charge in [-0.1, -0.05) is 28.1 Å². The van der Waals surface area contributed by atoms with Gasteiger partial charge in [-0.3, -0.25) is 0 Å². The van der Waals surface area contributed by atoms with Crippen LogP contribution in [0.5, 0.6) is 0 Å². The summed E-state index contributed by atoms with van der Waals surface area (Å²) in [5, 5.41) is 9.27. The Labute approximate surface area is 74.5 Å². The van der Waals surface area contributed by atoms with Gasteiger partial charge in [0.15, 0.2) is 0 Å². The second-order valence-electron chi connectivity index (χ2n) is 2.18. The van der Waals surface area contributed by atoms with Crippen LogP contribution in [-0.4, -0.2) is 5.11 Å². The number of aliphatic hydroxyl groups excluding tert-OH is 1. The van der Waals surface area contributed by atoms with E-state index in [1.54, 1.807) is 13.0 Å². The summed E-state index contributed by atoms with van der Waals surface area (Å²) >= 11 is 3.32. The van der Waals surface area contributed by atoms with Gasteiger partial charge in [-0.2, -0.15) is 0 Å². The zero-order valence-corrected chi connectivity index (χ0v) is 7.80. The molecule has 0 unspecified atom stereocenters. The molecule has 0 fully saturated rings. The van der Waals surface area contributed by atoms with E-state index in [0.29, 0.717) is 5.76 Å². The van der Waals surface area contributed by atoms with Crippen molar-refractivity contribution in [3.05, 3.63) is 40.4 Å². The minimum atomic E-state index is 0.317. The van der Waals surface area contributed by atoms with Gasteiger partial charge >= 0.3 is 0 Å². The summed E-state index contributed by atoms with van der Waals surface area (Å²) in [6.45, 7) is 1.80. The smallest absolute Gasteiger partial charge is 0.118 e. The predicted octanol–water partition coefficient (Wildman–Crippen LogP) is 3.37. The monoisotopic (exact) mass is 212 g/mol. The summed E-state index contributed by atoms with van der Waals surface area (Å²) in [5.41, 5.74) is 0.843. The molecule has 1 nitrogen and oxygen atoms in total. The first kappa shape index (κ1) is 8.34. The van der Waals surface area contributed by atoms with E-state index in [0.717, 1.165) is 10.0 Å². The van der Waals surface area contributed by atoms with Crippen LogP contribution in [0.25, 0.3) is 5.76 Å². The first-order valence-electron chi connectivity index (χ1n) is 3.35. The van der Waals surface area contributed by atoms with Crippen LogP contribution >= 0.6 is 15.9 Å². The Morgan fingerprint density at radius 2 is 1.91 bits per heavy atom. The molecule has 0 aliphatic rings. The van der Waals surface area contributed by atoms with Crippen LogP contribution in [0, 0.1) is 0 Å². The molecular formula is C9H9BrO. The maximum Gasteiger partial charge on any atom is 0.118 e. The zero-order valence-electron chi connectivity index (χ0n) is 6.21. The third kappa shape index (κ3) is 2.09. The summed E-state index contributed by atoms with van der Waals surface area (Å²) in [6, 6.07) is 7.52. The molecule has 11 heavy (non-hydrogen) atoms. The van der Waals surface area contributed by atoms with Gasteiger partial charge in [-0.05, 0) is 25.1 Å². The van der Waals surface area contributed by atoms with Crippen molar-refractivity contribution in [1.29, 1.82) is 0 Å². The highest BCUT2D eigenvalue weighted by atomic mass is 79.9. The van der Waals surface area contributed by atoms with Crippen molar-refractivity contribution in [2.75, 3.05) is 0 Å². The average molecular weight is 213 g/mol. The van der Waals surface area contributed by atoms with Gasteiger partial charge < -0.3 is 5.11 Å². The fourth-order valence-corrected chi connectivity index (χ4v) is 1.05. The minimum Gasteiger partial charge on any atom is -0.508 e. The number of aliphatic hydroxyl groups is 1. The van der Waals surface area contributed by atoms with E-state index in [1.165, 1.54) is 0 Å². The number of hydrogen-bond donors (Lipinski definition) is 1. The molecule has 58 valence electrons. The number of allylic oxidation sites excluding steroid dienone is 1. The maximum absolute atomic E-state index is 9.27. The SMILES string of the molecule is C/C=C(\O)c1ccc(Br)cc1. The van der Waals surface area contributed by atoms with Crippen molar-refractivity contribution in [3.63, 3.8) is 0 Å². The van der Waals surface area contributed by atoms with Crippen LogP contribution in [0.15, 0.2) is 34.8 Å². The van der Waals surface area contributed by atoms with Crippen LogP contribution in [0.3, 0.4) is 0 Å². The maximum atomic E-state index is 9.27. The average Bonchev–Trinajstić information content (AvgIpc) is 2.05. The fraction of sp³-hybridized carbons (Fsp3) is 0.111. The normalized spacial score (nSPS) is 11.6. The minimum absolute atomic E-state index is 0.317. The van der Waals surface area contributed by atoms with Crippen molar-refractivity contribution in [2.24, 2.45) is 0 Å². The van der Waals surface area contributed by atoms with Gasteiger partial charge in [-0.15, -0.1) is 0 Å². The van der Waals surface area contributed by atoms with E-state index < -0.39 is 0 Å². The lowest BCUT2D eigenvalue weighted by Crippen LogP contribution is -1.79. The lowest BCUT2D eigenvalue weighted by Gasteiger charge is -1.97. The molecule has 0 amide bonds. The molecule has 0 aliphatic heterocycles. The van der Waals surface area contributed by atoms with E-state index >= 15 is 0 Å². The number of hydrogen-bond acceptors (Lipinski definition) is 1. The molecule has 2 heteroatoms. The summed E-state index contributed by atoms with van der Waals surface area (Å²) in [5.74, 6) is 0.317. The molecule has 1 aromatic carbocycles. The highest BCUT2D eigenvalue weighted by molar-refractivity contribution is 9.10. The second kappa shape index (κ2) is 3.58. The third-order valence-corrected chi connectivity index (χ3v) is 1.94. The van der Waals surface area contributed by atoms with Gasteiger partial charge in [-0.25, -0.2) is 0 Å². The van der Waals surface area contributed by atoms with Crippen molar-refractivity contribution in [2.45, 2.75) is 6.92 Å². The molecule has 0 atom stereocenters. The molecule has 1 rings (SSSR count). The van der Waals surface area contributed by atoms with Crippen LogP contribution in [0.4, 0.5) is 0 Å². The van der Waals surface area contributed by atoms with Crippen molar-refractivity contribution in [3.8, 4) is 0 Å². The quantitative estimate of drug-likeness (QED) is 0.709. The largest absolute Gasteiger partial charge is 0.508 e. The first-order valence-corrected chi connectivity index (χ1v) is 4.14. The topological polar surface area (TPSA) is 20.2 Å². The Morgan fingerprint density at radius 1 is 1.36 bits per heavy atom. The number of rotatable bonds is 1.